The standard InChI is InChI=1S/C10H18O2/c1-4-7-8-10(11)12-9(5-2)6-3/h5,9H,2,4,6-8H2,1,3H3. The van der Waals surface area contributed by atoms with E-state index in [2.05, 4.69) is 13.5 Å². The molecule has 0 heterocycles. The molecule has 12 heavy (non-hydrogen) atoms. The number of rotatable bonds is 6. The minimum atomic E-state index is -0.108. The lowest BCUT2D eigenvalue weighted by atomic mass is 10.2. The highest BCUT2D eigenvalue weighted by atomic mass is 16.5. The average molecular weight is 170 g/mol. The van der Waals surface area contributed by atoms with Crippen LogP contribution in [0.3, 0.4) is 0 Å². The summed E-state index contributed by atoms with van der Waals surface area (Å²) < 4.78 is 5.09. The van der Waals surface area contributed by atoms with Gasteiger partial charge in [-0.3, -0.25) is 4.79 Å². The van der Waals surface area contributed by atoms with E-state index in [1.165, 1.54) is 0 Å². The van der Waals surface area contributed by atoms with Crippen molar-refractivity contribution in [2.75, 3.05) is 0 Å². The van der Waals surface area contributed by atoms with Crippen molar-refractivity contribution >= 4 is 5.97 Å². The van der Waals surface area contributed by atoms with Gasteiger partial charge in [-0.1, -0.05) is 32.9 Å². The molecule has 2 heteroatoms. The van der Waals surface area contributed by atoms with Crippen molar-refractivity contribution in [2.24, 2.45) is 0 Å². The van der Waals surface area contributed by atoms with Crippen molar-refractivity contribution in [1.82, 2.24) is 0 Å². The zero-order chi connectivity index (χ0) is 9.40. The zero-order valence-corrected chi connectivity index (χ0v) is 8.01. The van der Waals surface area contributed by atoms with Gasteiger partial charge in [0.05, 0.1) is 0 Å². The normalized spacial score (nSPS) is 12.2. The molecule has 0 saturated carbocycles. The minimum absolute atomic E-state index is 0.102. The smallest absolute Gasteiger partial charge is 0.306 e. The predicted octanol–water partition coefficient (Wildman–Crippen LogP) is 2.68. The Morgan fingerprint density at radius 3 is 2.67 bits per heavy atom. The number of unbranched alkanes of at least 4 members (excludes halogenated alkanes) is 1. The monoisotopic (exact) mass is 170 g/mol. The number of hydrogen-bond acceptors (Lipinski definition) is 2. The average Bonchev–Trinajstić information content (AvgIpc) is 2.10. The number of carbonyl (C=O) groups is 1. The highest BCUT2D eigenvalue weighted by molar-refractivity contribution is 5.69. The Morgan fingerprint density at radius 2 is 2.25 bits per heavy atom. The van der Waals surface area contributed by atoms with Crippen LogP contribution < -0.4 is 0 Å². The molecule has 0 saturated heterocycles. The van der Waals surface area contributed by atoms with E-state index in [-0.39, 0.29) is 12.1 Å². The largest absolute Gasteiger partial charge is 0.458 e. The number of carbonyl (C=O) groups excluding carboxylic acids is 1. The van der Waals surface area contributed by atoms with Gasteiger partial charge in [-0.15, -0.1) is 0 Å². The van der Waals surface area contributed by atoms with Crippen molar-refractivity contribution in [1.29, 1.82) is 0 Å². The minimum Gasteiger partial charge on any atom is -0.458 e. The van der Waals surface area contributed by atoms with Crippen LogP contribution in [0.1, 0.15) is 39.5 Å². The van der Waals surface area contributed by atoms with Crippen molar-refractivity contribution in [2.45, 2.75) is 45.6 Å². The van der Waals surface area contributed by atoms with Crippen molar-refractivity contribution in [3.05, 3.63) is 12.7 Å². The molecule has 1 atom stereocenters. The number of ether oxygens (including phenoxy) is 1. The zero-order valence-electron chi connectivity index (χ0n) is 8.01. The van der Waals surface area contributed by atoms with Gasteiger partial charge in [0.1, 0.15) is 6.10 Å². The maximum Gasteiger partial charge on any atom is 0.306 e. The molecule has 70 valence electrons. The van der Waals surface area contributed by atoms with Gasteiger partial charge in [0.15, 0.2) is 0 Å². The van der Waals surface area contributed by atoms with Crippen LogP contribution in [0.25, 0.3) is 0 Å². The highest BCUT2D eigenvalue weighted by Crippen LogP contribution is 2.03. The molecule has 0 amide bonds. The summed E-state index contributed by atoms with van der Waals surface area (Å²) in [5.74, 6) is -0.108. The van der Waals surface area contributed by atoms with Gasteiger partial charge in [-0.25, -0.2) is 0 Å². The molecule has 0 N–H and O–H groups in total. The van der Waals surface area contributed by atoms with Crippen LogP contribution >= 0.6 is 0 Å². The fraction of sp³-hybridized carbons (Fsp3) is 0.700. The van der Waals surface area contributed by atoms with Gasteiger partial charge in [0, 0.05) is 6.42 Å². The molecule has 0 fully saturated rings. The topological polar surface area (TPSA) is 26.3 Å². The van der Waals surface area contributed by atoms with E-state index in [4.69, 9.17) is 4.74 Å². The molecular weight excluding hydrogens is 152 g/mol. The van der Waals surface area contributed by atoms with Gasteiger partial charge in [-0.2, -0.15) is 0 Å². The van der Waals surface area contributed by atoms with Gasteiger partial charge in [0.2, 0.25) is 0 Å². The van der Waals surface area contributed by atoms with Gasteiger partial charge >= 0.3 is 5.97 Å². The van der Waals surface area contributed by atoms with Crippen LogP contribution in [-0.2, 0) is 9.53 Å². The summed E-state index contributed by atoms with van der Waals surface area (Å²) in [6.07, 6.45) is 4.84. The van der Waals surface area contributed by atoms with Gasteiger partial charge in [-0.05, 0) is 12.8 Å². The van der Waals surface area contributed by atoms with Crippen molar-refractivity contribution < 1.29 is 9.53 Å². The fourth-order valence-electron chi connectivity index (χ4n) is 0.847. The first-order valence-corrected chi connectivity index (χ1v) is 4.56. The summed E-state index contributed by atoms with van der Waals surface area (Å²) >= 11 is 0. The summed E-state index contributed by atoms with van der Waals surface area (Å²) in [6.45, 7) is 7.61. The quantitative estimate of drug-likeness (QED) is 0.452. The van der Waals surface area contributed by atoms with E-state index >= 15 is 0 Å². The Labute approximate surface area is 74.6 Å². The maximum atomic E-state index is 11.1. The summed E-state index contributed by atoms with van der Waals surface area (Å²) in [5, 5.41) is 0. The molecule has 1 unspecified atom stereocenters. The van der Waals surface area contributed by atoms with Crippen LogP contribution in [0.2, 0.25) is 0 Å². The predicted molar refractivity (Wildman–Crippen MR) is 49.9 cm³/mol. The van der Waals surface area contributed by atoms with Crippen molar-refractivity contribution in [3.8, 4) is 0 Å². The lowest BCUT2D eigenvalue weighted by Crippen LogP contribution is -2.14. The molecule has 0 aliphatic heterocycles. The first-order valence-electron chi connectivity index (χ1n) is 4.56. The third-order valence-corrected chi connectivity index (χ3v) is 1.68. The number of hydrogen-bond donors (Lipinski definition) is 0. The molecule has 0 radical (unpaired) electrons. The molecule has 0 spiro atoms. The van der Waals surface area contributed by atoms with Crippen molar-refractivity contribution in [3.63, 3.8) is 0 Å². The third kappa shape index (κ3) is 4.94. The first-order chi connectivity index (χ1) is 5.74. The van der Waals surface area contributed by atoms with E-state index in [1.54, 1.807) is 6.08 Å². The fourth-order valence-corrected chi connectivity index (χ4v) is 0.847. The SMILES string of the molecule is C=CC(CC)OC(=O)CCCC. The van der Waals surface area contributed by atoms with Gasteiger partial charge < -0.3 is 4.74 Å². The van der Waals surface area contributed by atoms with E-state index in [1.807, 2.05) is 6.92 Å². The Kier molecular flexibility index (Phi) is 6.44. The second-order valence-corrected chi connectivity index (χ2v) is 2.78. The van der Waals surface area contributed by atoms with Crippen LogP contribution in [0, 0.1) is 0 Å². The van der Waals surface area contributed by atoms with E-state index in [9.17, 15) is 4.79 Å². The molecule has 2 nitrogen and oxygen atoms in total. The Morgan fingerprint density at radius 1 is 1.58 bits per heavy atom. The lowest BCUT2D eigenvalue weighted by Gasteiger charge is -2.10. The molecule has 0 aliphatic rings. The maximum absolute atomic E-state index is 11.1. The van der Waals surface area contributed by atoms with Crippen LogP contribution in [0.5, 0.6) is 0 Å². The summed E-state index contributed by atoms with van der Waals surface area (Å²) in [7, 11) is 0. The molecule has 0 aromatic carbocycles. The van der Waals surface area contributed by atoms with Crippen LogP contribution in [0.4, 0.5) is 0 Å². The second-order valence-electron chi connectivity index (χ2n) is 2.78. The Balaban J connectivity index is 3.58. The molecular formula is C10H18O2. The summed E-state index contributed by atoms with van der Waals surface area (Å²) in [4.78, 5) is 11.1. The molecule has 0 aromatic heterocycles. The molecule has 0 rings (SSSR count). The highest BCUT2D eigenvalue weighted by Gasteiger charge is 2.07. The van der Waals surface area contributed by atoms with E-state index < -0.39 is 0 Å². The molecule has 0 aromatic rings. The summed E-state index contributed by atoms with van der Waals surface area (Å²) in [5.41, 5.74) is 0. The summed E-state index contributed by atoms with van der Waals surface area (Å²) in [6, 6.07) is 0. The number of esters is 1. The lowest BCUT2D eigenvalue weighted by molar-refractivity contribution is -0.147. The third-order valence-electron chi connectivity index (χ3n) is 1.68. The Hall–Kier alpha value is -0.790. The van der Waals surface area contributed by atoms with E-state index in [0.717, 1.165) is 19.3 Å². The first kappa shape index (κ1) is 11.2. The molecule has 0 aliphatic carbocycles. The molecule has 0 bridgehead atoms. The van der Waals surface area contributed by atoms with Gasteiger partial charge in [0.25, 0.3) is 0 Å². The van der Waals surface area contributed by atoms with Crippen LogP contribution in [-0.4, -0.2) is 12.1 Å². The van der Waals surface area contributed by atoms with E-state index in [0.29, 0.717) is 6.42 Å². The second kappa shape index (κ2) is 6.89. The van der Waals surface area contributed by atoms with Crippen LogP contribution in [0.15, 0.2) is 12.7 Å². The Bertz CT molecular complexity index is 141.